The van der Waals surface area contributed by atoms with Crippen LogP contribution in [0, 0.1) is 5.41 Å². The van der Waals surface area contributed by atoms with E-state index >= 15 is 0 Å². The zero-order chi connectivity index (χ0) is 14.0. The van der Waals surface area contributed by atoms with Crippen molar-refractivity contribution in [2.45, 2.75) is 39.8 Å². The Balaban J connectivity index is 0.00000200. The number of alkyl carbamates (subject to hydrolysis) is 1. The van der Waals surface area contributed by atoms with Gasteiger partial charge in [-0.1, -0.05) is 26.0 Å². The van der Waals surface area contributed by atoms with Gasteiger partial charge in [0, 0.05) is 5.41 Å². The quantitative estimate of drug-likeness (QED) is 0.925. The van der Waals surface area contributed by atoms with E-state index in [0.29, 0.717) is 6.61 Å². The fraction of sp³-hybridized carbons (Fsp3) is 0.533. The van der Waals surface area contributed by atoms with E-state index in [4.69, 9.17) is 9.47 Å². The van der Waals surface area contributed by atoms with E-state index in [0.717, 1.165) is 11.3 Å². The van der Waals surface area contributed by atoms with Gasteiger partial charge in [0.05, 0.1) is 12.1 Å². The van der Waals surface area contributed by atoms with Crippen molar-refractivity contribution in [1.29, 1.82) is 0 Å². The third-order valence-electron chi connectivity index (χ3n) is 3.20. The van der Waals surface area contributed by atoms with Crippen molar-refractivity contribution < 1.29 is 14.3 Å². The Kier molecular flexibility index (Phi) is 5.28. The third-order valence-corrected chi connectivity index (χ3v) is 3.20. The molecule has 0 unspecified atom stereocenters. The lowest BCUT2D eigenvalue weighted by atomic mass is 9.80. The van der Waals surface area contributed by atoms with E-state index in [-0.39, 0.29) is 36.1 Å². The highest BCUT2D eigenvalue weighted by atomic mass is 35.5. The highest BCUT2D eigenvalue weighted by Crippen LogP contribution is 2.36. The summed E-state index contributed by atoms with van der Waals surface area (Å²) in [6, 6.07) is 7.83. The highest BCUT2D eigenvalue weighted by Gasteiger charge is 2.37. The highest BCUT2D eigenvalue weighted by molar-refractivity contribution is 5.85. The molecular formula is C15H22ClNO3. The van der Waals surface area contributed by atoms with Gasteiger partial charge in [-0.25, -0.2) is 4.79 Å². The van der Waals surface area contributed by atoms with Crippen molar-refractivity contribution in [3.8, 4) is 5.75 Å². The Morgan fingerprint density at radius 1 is 1.30 bits per heavy atom. The average molecular weight is 300 g/mol. The molecule has 1 aromatic rings. The van der Waals surface area contributed by atoms with E-state index in [1.165, 1.54) is 0 Å². The number of amides is 1. The van der Waals surface area contributed by atoms with Crippen LogP contribution in [0.4, 0.5) is 4.79 Å². The maximum absolute atomic E-state index is 11.4. The smallest absolute Gasteiger partial charge is 0.407 e. The molecule has 1 amide bonds. The largest absolute Gasteiger partial charge is 0.491 e. The van der Waals surface area contributed by atoms with Gasteiger partial charge in [-0.3, -0.25) is 0 Å². The number of halogens is 1. The van der Waals surface area contributed by atoms with Gasteiger partial charge in [0.15, 0.2) is 0 Å². The summed E-state index contributed by atoms with van der Waals surface area (Å²) in [4.78, 5) is 11.4. The van der Waals surface area contributed by atoms with Gasteiger partial charge < -0.3 is 14.8 Å². The lowest BCUT2D eigenvalue weighted by Gasteiger charge is -2.38. The van der Waals surface area contributed by atoms with Crippen LogP contribution < -0.4 is 10.1 Å². The van der Waals surface area contributed by atoms with E-state index < -0.39 is 0 Å². The maximum atomic E-state index is 11.4. The van der Waals surface area contributed by atoms with Crippen LogP contribution >= 0.6 is 12.4 Å². The molecule has 1 aliphatic rings. The number of nitrogens with one attached hydrogen (secondary N) is 1. The van der Waals surface area contributed by atoms with Crippen LogP contribution in [0.5, 0.6) is 5.75 Å². The number of ether oxygens (including phenoxy) is 2. The molecule has 1 heterocycles. The van der Waals surface area contributed by atoms with Gasteiger partial charge in [0.1, 0.15) is 12.4 Å². The number of hydrogen-bond acceptors (Lipinski definition) is 3. The third kappa shape index (κ3) is 3.79. The predicted molar refractivity (Wildman–Crippen MR) is 80.5 cm³/mol. The van der Waals surface area contributed by atoms with Gasteiger partial charge in [-0.2, -0.15) is 0 Å². The molecule has 1 saturated heterocycles. The summed E-state index contributed by atoms with van der Waals surface area (Å²) in [5, 5.41) is 2.88. The SMILES string of the molecule is CC(C)Oc1ccc([C@H]2NC(=O)OCC2(C)C)cc1.Cl. The topological polar surface area (TPSA) is 47.6 Å². The lowest BCUT2D eigenvalue weighted by Crippen LogP contribution is -2.46. The molecule has 112 valence electrons. The second kappa shape index (κ2) is 6.35. The van der Waals surface area contributed by atoms with Gasteiger partial charge in [0.2, 0.25) is 0 Å². The van der Waals surface area contributed by atoms with E-state index in [2.05, 4.69) is 19.2 Å². The Morgan fingerprint density at radius 2 is 1.90 bits per heavy atom. The minimum Gasteiger partial charge on any atom is -0.491 e. The fourth-order valence-corrected chi connectivity index (χ4v) is 2.24. The van der Waals surface area contributed by atoms with Crippen LogP contribution in [-0.4, -0.2) is 18.8 Å². The molecular weight excluding hydrogens is 278 g/mol. The van der Waals surface area contributed by atoms with Crippen molar-refractivity contribution >= 4 is 18.5 Å². The number of rotatable bonds is 3. The number of cyclic esters (lactones) is 1. The van der Waals surface area contributed by atoms with Crippen molar-refractivity contribution in [3.63, 3.8) is 0 Å². The molecule has 5 heteroatoms. The van der Waals surface area contributed by atoms with Crippen LogP contribution in [-0.2, 0) is 4.74 Å². The number of benzene rings is 1. The standard InChI is InChI=1S/C15H21NO3.ClH/c1-10(2)19-12-7-5-11(6-8-12)13-15(3,4)9-18-14(17)16-13;/h5-8,10,13H,9H2,1-4H3,(H,16,17);1H/t13-;/m1./s1. The molecule has 1 atom stereocenters. The first-order valence-electron chi connectivity index (χ1n) is 6.58. The zero-order valence-corrected chi connectivity index (χ0v) is 13.1. The molecule has 0 aromatic heterocycles. The lowest BCUT2D eigenvalue weighted by molar-refractivity contribution is 0.0387. The Bertz CT molecular complexity index is 457. The molecule has 1 aliphatic heterocycles. The van der Waals surface area contributed by atoms with Crippen LogP contribution in [0.25, 0.3) is 0 Å². The van der Waals surface area contributed by atoms with Crippen molar-refractivity contribution in [1.82, 2.24) is 5.32 Å². The maximum Gasteiger partial charge on any atom is 0.407 e. The van der Waals surface area contributed by atoms with Gasteiger partial charge in [-0.05, 0) is 31.5 Å². The van der Waals surface area contributed by atoms with Crippen molar-refractivity contribution in [3.05, 3.63) is 29.8 Å². The summed E-state index contributed by atoms with van der Waals surface area (Å²) in [6.07, 6.45) is -0.197. The summed E-state index contributed by atoms with van der Waals surface area (Å²) in [5.41, 5.74) is 0.937. The molecule has 20 heavy (non-hydrogen) atoms. The molecule has 2 rings (SSSR count). The van der Waals surface area contributed by atoms with Crippen molar-refractivity contribution in [2.24, 2.45) is 5.41 Å². The van der Waals surface area contributed by atoms with Gasteiger partial charge in [0.25, 0.3) is 0 Å². The zero-order valence-electron chi connectivity index (χ0n) is 12.3. The second-order valence-corrected chi connectivity index (χ2v) is 5.88. The molecule has 0 radical (unpaired) electrons. The first kappa shape index (κ1) is 16.6. The summed E-state index contributed by atoms with van der Waals surface area (Å²) in [5.74, 6) is 0.843. The summed E-state index contributed by atoms with van der Waals surface area (Å²) in [7, 11) is 0. The van der Waals surface area contributed by atoms with Crippen LogP contribution in [0.15, 0.2) is 24.3 Å². The average Bonchev–Trinajstić information content (AvgIpc) is 2.33. The van der Waals surface area contributed by atoms with Crippen molar-refractivity contribution in [2.75, 3.05) is 6.61 Å². The Morgan fingerprint density at radius 3 is 2.45 bits per heavy atom. The normalized spacial score (nSPS) is 20.6. The second-order valence-electron chi connectivity index (χ2n) is 5.88. The minimum absolute atomic E-state index is 0. The summed E-state index contributed by atoms with van der Waals surface area (Å²) < 4.78 is 10.7. The van der Waals surface area contributed by atoms with Gasteiger partial charge in [-0.15, -0.1) is 12.4 Å². The molecule has 0 bridgehead atoms. The monoisotopic (exact) mass is 299 g/mol. The van der Waals surface area contributed by atoms with Crippen LogP contribution in [0.1, 0.15) is 39.3 Å². The molecule has 0 spiro atoms. The number of carbonyl (C=O) groups excluding carboxylic acids is 1. The van der Waals surface area contributed by atoms with Crippen LogP contribution in [0.2, 0.25) is 0 Å². The molecule has 0 saturated carbocycles. The van der Waals surface area contributed by atoms with Gasteiger partial charge >= 0.3 is 6.09 Å². The number of hydrogen-bond donors (Lipinski definition) is 1. The summed E-state index contributed by atoms with van der Waals surface area (Å²) in [6.45, 7) is 8.57. The van der Waals surface area contributed by atoms with Crippen LogP contribution in [0.3, 0.4) is 0 Å². The summed E-state index contributed by atoms with van der Waals surface area (Å²) >= 11 is 0. The van der Waals surface area contributed by atoms with E-state index in [9.17, 15) is 4.79 Å². The Labute approximate surface area is 126 Å². The van der Waals surface area contributed by atoms with E-state index in [1.54, 1.807) is 0 Å². The molecule has 0 aliphatic carbocycles. The molecule has 4 nitrogen and oxygen atoms in total. The molecule has 1 fully saturated rings. The minimum atomic E-state index is -0.355. The molecule has 1 aromatic carbocycles. The fourth-order valence-electron chi connectivity index (χ4n) is 2.24. The van der Waals surface area contributed by atoms with E-state index in [1.807, 2.05) is 38.1 Å². The number of carbonyl (C=O) groups is 1. The Hall–Kier alpha value is -1.42. The molecule has 1 N–H and O–H groups in total. The predicted octanol–water partition coefficient (Wildman–Crippen LogP) is 3.70. The first-order valence-corrected chi connectivity index (χ1v) is 6.58. The first-order chi connectivity index (χ1) is 8.88.